The molecule has 1 atom stereocenters. The number of benzene rings is 3. The molecule has 3 aromatic rings. The van der Waals surface area contributed by atoms with Gasteiger partial charge in [0.25, 0.3) is 11.8 Å². The van der Waals surface area contributed by atoms with Crippen LogP contribution >= 0.6 is 0 Å². The number of nitrogens with zero attached hydrogens (tertiary/aromatic N) is 1. The molecule has 0 radical (unpaired) electrons. The number of methoxy groups -OCH3 is 2. The van der Waals surface area contributed by atoms with E-state index in [4.69, 9.17) is 18.9 Å². The second kappa shape index (κ2) is 10.2. The summed E-state index contributed by atoms with van der Waals surface area (Å²) < 4.78 is 22.1. The van der Waals surface area contributed by atoms with E-state index in [0.29, 0.717) is 47.3 Å². The van der Waals surface area contributed by atoms with Crippen LogP contribution in [0.5, 0.6) is 23.0 Å². The molecule has 1 unspecified atom stereocenters. The molecule has 0 spiro atoms. The van der Waals surface area contributed by atoms with Crippen LogP contribution in [0.2, 0.25) is 0 Å². The molecule has 1 aliphatic rings. The zero-order valence-corrected chi connectivity index (χ0v) is 19.2. The van der Waals surface area contributed by atoms with Crippen LogP contribution < -0.4 is 29.2 Å². The van der Waals surface area contributed by atoms with Crippen molar-refractivity contribution >= 4 is 23.2 Å². The monoisotopic (exact) mass is 462 g/mol. The normalized spacial score (nSPS) is 14.6. The van der Waals surface area contributed by atoms with E-state index in [0.717, 1.165) is 5.75 Å². The van der Waals surface area contributed by atoms with E-state index in [1.165, 1.54) is 14.2 Å². The molecule has 3 aromatic carbocycles. The lowest BCUT2D eigenvalue weighted by Crippen LogP contribution is -2.46. The fourth-order valence-corrected chi connectivity index (χ4v) is 3.67. The third-order valence-electron chi connectivity index (χ3n) is 5.40. The molecule has 2 amide bonds. The summed E-state index contributed by atoms with van der Waals surface area (Å²) in [5.41, 5.74) is 1.59. The zero-order chi connectivity index (χ0) is 24.1. The molecule has 1 aliphatic heterocycles. The number of fused-ring (bicyclic) bond motifs is 1. The van der Waals surface area contributed by atoms with Gasteiger partial charge in [0.05, 0.1) is 26.5 Å². The third kappa shape index (κ3) is 4.91. The van der Waals surface area contributed by atoms with Crippen LogP contribution in [0, 0.1) is 0 Å². The molecule has 0 fully saturated rings. The van der Waals surface area contributed by atoms with E-state index in [1.54, 1.807) is 48.2 Å². The van der Waals surface area contributed by atoms with Crippen LogP contribution in [0.15, 0.2) is 66.7 Å². The lowest BCUT2D eigenvalue weighted by Gasteiger charge is -2.33. The Kier molecular flexibility index (Phi) is 6.87. The Hall–Kier alpha value is -4.20. The van der Waals surface area contributed by atoms with Crippen LogP contribution in [-0.4, -0.2) is 45.3 Å². The lowest BCUT2D eigenvalue weighted by molar-refractivity contribution is -0.125. The van der Waals surface area contributed by atoms with Crippen LogP contribution in [-0.2, 0) is 4.79 Å². The lowest BCUT2D eigenvalue weighted by atomic mass is 10.1. The van der Waals surface area contributed by atoms with Crippen molar-refractivity contribution in [2.24, 2.45) is 0 Å². The summed E-state index contributed by atoms with van der Waals surface area (Å²) in [7, 11) is 3.05. The minimum Gasteiger partial charge on any atom is -0.493 e. The number of hydrogen-bond acceptors (Lipinski definition) is 6. The topological polar surface area (TPSA) is 86.3 Å². The van der Waals surface area contributed by atoms with Gasteiger partial charge in [-0.05, 0) is 49.4 Å². The highest BCUT2D eigenvalue weighted by Crippen LogP contribution is 2.36. The van der Waals surface area contributed by atoms with Gasteiger partial charge in [-0.25, -0.2) is 0 Å². The molecule has 8 heteroatoms. The molecular weight excluding hydrogens is 436 g/mol. The summed E-state index contributed by atoms with van der Waals surface area (Å²) >= 11 is 0. The SMILES string of the molecule is COc1ccc(C(=O)Nc2ccc3c(c2)OC(C)C(=O)N3CCOc2ccccc2)cc1OC. The average Bonchev–Trinajstić information content (AvgIpc) is 2.86. The van der Waals surface area contributed by atoms with Crippen molar-refractivity contribution in [1.82, 2.24) is 0 Å². The molecule has 1 heterocycles. The smallest absolute Gasteiger partial charge is 0.267 e. The molecule has 8 nitrogen and oxygen atoms in total. The Balaban J connectivity index is 1.48. The molecule has 176 valence electrons. The van der Waals surface area contributed by atoms with E-state index < -0.39 is 6.10 Å². The van der Waals surface area contributed by atoms with Crippen molar-refractivity contribution < 1.29 is 28.5 Å². The quantitative estimate of drug-likeness (QED) is 0.541. The predicted octanol–water partition coefficient (Wildman–Crippen LogP) is 4.15. The summed E-state index contributed by atoms with van der Waals surface area (Å²) in [6.45, 7) is 2.40. The van der Waals surface area contributed by atoms with E-state index in [-0.39, 0.29) is 11.8 Å². The number of nitrogens with one attached hydrogen (secondary N) is 1. The second-order valence-electron chi connectivity index (χ2n) is 7.62. The maximum absolute atomic E-state index is 12.8. The maximum atomic E-state index is 12.8. The van der Waals surface area contributed by atoms with E-state index in [1.807, 2.05) is 30.3 Å². The second-order valence-corrected chi connectivity index (χ2v) is 7.62. The van der Waals surface area contributed by atoms with Gasteiger partial charge in [-0.1, -0.05) is 18.2 Å². The summed E-state index contributed by atoms with van der Waals surface area (Å²) in [6.07, 6.45) is -0.652. The maximum Gasteiger partial charge on any atom is 0.267 e. The third-order valence-corrected chi connectivity index (χ3v) is 5.40. The molecule has 0 saturated carbocycles. The Bertz CT molecular complexity index is 1180. The number of carbonyl (C=O) groups is 2. The minimum atomic E-state index is -0.652. The number of hydrogen-bond donors (Lipinski definition) is 1. The first-order valence-corrected chi connectivity index (χ1v) is 10.8. The Labute approximate surface area is 198 Å². The van der Waals surface area contributed by atoms with E-state index >= 15 is 0 Å². The first-order chi connectivity index (χ1) is 16.5. The Morgan fingerprint density at radius 3 is 2.50 bits per heavy atom. The van der Waals surface area contributed by atoms with E-state index in [9.17, 15) is 9.59 Å². The number of ether oxygens (including phenoxy) is 4. The Morgan fingerprint density at radius 2 is 1.76 bits per heavy atom. The number of rotatable bonds is 8. The van der Waals surface area contributed by atoms with Gasteiger partial charge < -0.3 is 29.2 Å². The summed E-state index contributed by atoms with van der Waals surface area (Å²) in [5, 5.41) is 2.86. The van der Waals surface area contributed by atoms with Crippen LogP contribution in [0.25, 0.3) is 0 Å². The van der Waals surface area contributed by atoms with Crippen LogP contribution in [0.3, 0.4) is 0 Å². The van der Waals surface area contributed by atoms with Gasteiger partial charge in [0.1, 0.15) is 18.1 Å². The molecule has 1 N–H and O–H groups in total. The minimum absolute atomic E-state index is 0.147. The van der Waals surface area contributed by atoms with Crippen molar-refractivity contribution in [2.75, 3.05) is 37.6 Å². The number of para-hydroxylation sites is 1. The van der Waals surface area contributed by atoms with Gasteiger partial charge in [-0.15, -0.1) is 0 Å². The Morgan fingerprint density at radius 1 is 1.00 bits per heavy atom. The number of carbonyl (C=O) groups excluding carboxylic acids is 2. The fourth-order valence-electron chi connectivity index (χ4n) is 3.67. The summed E-state index contributed by atoms with van der Waals surface area (Å²) in [5.74, 6) is 1.79. The van der Waals surface area contributed by atoms with Crippen molar-refractivity contribution in [1.29, 1.82) is 0 Å². The molecule has 0 aromatic heterocycles. The highest BCUT2D eigenvalue weighted by Gasteiger charge is 2.31. The van der Waals surface area contributed by atoms with Crippen molar-refractivity contribution in [2.45, 2.75) is 13.0 Å². The van der Waals surface area contributed by atoms with Gasteiger partial charge in [-0.2, -0.15) is 0 Å². The summed E-state index contributed by atoms with van der Waals surface area (Å²) in [6, 6.07) is 19.6. The summed E-state index contributed by atoms with van der Waals surface area (Å²) in [4.78, 5) is 27.2. The number of amides is 2. The highest BCUT2D eigenvalue weighted by atomic mass is 16.5. The van der Waals surface area contributed by atoms with Gasteiger partial charge >= 0.3 is 0 Å². The van der Waals surface area contributed by atoms with Crippen molar-refractivity contribution in [3.05, 3.63) is 72.3 Å². The molecule has 0 saturated heterocycles. The first kappa shape index (κ1) is 23.0. The molecular formula is C26H26N2O6. The van der Waals surface area contributed by atoms with Gasteiger partial charge in [0.15, 0.2) is 17.6 Å². The molecule has 0 aliphatic carbocycles. The van der Waals surface area contributed by atoms with Crippen LogP contribution in [0.4, 0.5) is 11.4 Å². The molecule has 34 heavy (non-hydrogen) atoms. The fraction of sp³-hybridized carbons (Fsp3) is 0.231. The van der Waals surface area contributed by atoms with Crippen molar-refractivity contribution in [3.8, 4) is 23.0 Å². The molecule has 4 rings (SSSR count). The van der Waals surface area contributed by atoms with E-state index in [2.05, 4.69) is 5.32 Å². The van der Waals surface area contributed by atoms with Gasteiger partial charge in [-0.3, -0.25) is 9.59 Å². The van der Waals surface area contributed by atoms with Crippen LogP contribution in [0.1, 0.15) is 17.3 Å². The predicted molar refractivity (Wildman–Crippen MR) is 128 cm³/mol. The van der Waals surface area contributed by atoms with Gasteiger partial charge in [0.2, 0.25) is 0 Å². The standard InChI is InChI=1S/C26H26N2O6/c1-17-26(30)28(13-14-33-20-7-5-4-6-8-20)21-11-10-19(16-23(21)34-17)27-25(29)18-9-12-22(31-2)24(15-18)32-3/h4-12,15-17H,13-14H2,1-3H3,(H,27,29). The first-order valence-electron chi connectivity index (χ1n) is 10.8. The number of anilines is 2. The average molecular weight is 463 g/mol. The van der Waals surface area contributed by atoms with Gasteiger partial charge in [0, 0.05) is 17.3 Å². The molecule has 0 bridgehead atoms. The zero-order valence-electron chi connectivity index (χ0n) is 19.2. The highest BCUT2D eigenvalue weighted by molar-refractivity contribution is 6.05. The van der Waals surface area contributed by atoms with Crippen molar-refractivity contribution in [3.63, 3.8) is 0 Å². The largest absolute Gasteiger partial charge is 0.493 e.